The van der Waals surface area contributed by atoms with Crippen molar-refractivity contribution in [2.24, 2.45) is 0 Å². The molecule has 2 aromatic carbocycles. The maximum Gasteiger partial charge on any atom is 0.337 e. The van der Waals surface area contributed by atoms with Gasteiger partial charge in [0.25, 0.3) is 17.5 Å². The molecule has 1 fully saturated rings. The lowest BCUT2D eigenvalue weighted by molar-refractivity contribution is -0.384. The van der Waals surface area contributed by atoms with Crippen LogP contribution in [0.15, 0.2) is 53.4 Å². The maximum atomic E-state index is 12.7. The summed E-state index contributed by atoms with van der Waals surface area (Å²) < 4.78 is 5.03. The highest BCUT2D eigenvalue weighted by Crippen LogP contribution is 2.32. The van der Waals surface area contributed by atoms with Gasteiger partial charge in [-0.2, -0.15) is 0 Å². The Morgan fingerprint density at radius 1 is 1.08 bits per heavy atom. The standard InChI is InChI=1S/C23H20N4O7S2/c1-34-22(31)16-6-4-14(5-7-16)13-18-21(30)26(23(35)36-18)12-2-3-19(28)24-25-20(29)15-8-10-17(11-9-15)27(32)33/h4-11,13H,2-3,12H2,1H3,(H,24,28)(H,25,29)/b18-13-. The molecule has 3 rings (SSSR count). The van der Waals surface area contributed by atoms with E-state index >= 15 is 0 Å². The predicted octanol–water partition coefficient (Wildman–Crippen LogP) is 2.82. The van der Waals surface area contributed by atoms with Gasteiger partial charge in [-0.05, 0) is 42.3 Å². The summed E-state index contributed by atoms with van der Waals surface area (Å²) in [6.07, 6.45) is 1.99. The number of hydrazine groups is 1. The van der Waals surface area contributed by atoms with Crippen LogP contribution in [0.2, 0.25) is 0 Å². The Bertz CT molecular complexity index is 1240. The van der Waals surface area contributed by atoms with Gasteiger partial charge in [-0.3, -0.25) is 40.2 Å². The number of non-ortho nitro benzene ring substituents is 1. The second-order valence-electron chi connectivity index (χ2n) is 7.36. The molecule has 0 bridgehead atoms. The van der Waals surface area contributed by atoms with E-state index in [-0.39, 0.29) is 30.1 Å². The van der Waals surface area contributed by atoms with Gasteiger partial charge in [0.2, 0.25) is 5.91 Å². The van der Waals surface area contributed by atoms with Crippen LogP contribution in [0.25, 0.3) is 6.08 Å². The number of nitrogens with one attached hydrogen (secondary N) is 2. The Labute approximate surface area is 215 Å². The molecule has 0 unspecified atom stereocenters. The minimum Gasteiger partial charge on any atom is -0.465 e. The molecule has 11 nitrogen and oxygen atoms in total. The third kappa shape index (κ3) is 6.73. The molecule has 1 aliphatic heterocycles. The van der Waals surface area contributed by atoms with E-state index in [1.54, 1.807) is 30.3 Å². The molecule has 13 heteroatoms. The van der Waals surface area contributed by atoms with Gasteiger partial charge in [0.05, 0.1) is 22.5 Å². The van der Waals surface area contributed by atoms with Crippen molar-refractivity contribution in [1.29, 1.82) is 0 Å². The first kappa shape index (κ1) is 26.5. The van der Waals surface area contributed by atoms with Crippen molar-refractivity contribution in [3.05, 3.63) is 80.2 Å². The van der Waals surface area contributed by atoms with Gasteiger partial charge in [0.15, 0.2) is 0 Å². The number of thioether (sulfide) groups is 1. The first-order valence-electron chi connectivity index (χ1n) is 10.5. The Balaban J connectivity index is 1.46. The van der Waals surface area contributed by atoms with Crippen LogP contribution in [0, 0.1) is 10.1 Å². The molecule has 0 radical (unpaired) electrons. The highest BCUT2D eigenvalue weighted by Gasteiger charge is 2.31. The Morgan fingerprint density at radius 3 is 2.33 bits per heavy atom. The quantitative estimate of drug-likeness (QED) is 0.173. The number of amides is 3. The minimum absolute atomic E-state index is 0.0195. The fourth-order valence-electron chi connectivity index (χ4n) is 3.07. The van der Waals surface area contributed by atoms with E-state index < -0.39 is 22.7 Å². The number of esters is 1. The summed E-state index contributed by atoms with van der Waals surface area (Å²) in [7, 11) is 1.29. The van der Waals surface area contributed by atoms with E-state index in [4.69, 9.17) is 12.2 Å². The second kappa shape index (κ2) is 12.0. The molecule has 2 aromatic rings. The number of rotatable bonds is 8. The number of benzene rings is 2. The molecule has 186 valence electrons. The summed E-state index contributed by atoms with van der Waals surface area (Å²) in [5.41, 5.74) is 5.60. The van der Waals surface area contributed by atoms with Gasteiger partial charge in [-0.1, -0.05) is 36.1 Å². The monoisotopic (exact) mass is 528 g/mol. The number of nitro groups is 1. The predicted molar refractivity (Wildman–Crippen MR) is 136 cm³/mol. The average molecular weight is 529 g/mol. The van der Waals surface area contributed by atoms with Crippen LogP contribution in [0.3, 0.4) is 0 Å². The molecule has 0 atom stereocenters. The fourth-order valence-corrected chi connectivity index (χ4v) is 4.38. The Hall–Kier alpha value is -4.10. The SMILES string of the molecule is COC(=O)c1ccc(/C=C2\SC(=S)N(CCCC(=O)NNC(=O)c3ccc([N+](=O)[O-])cc3)C2=O)cc1. The third-order valence-corrected chi connectivity index (χ3v) is 6.32. The lowest BCUT2D eigenvalue weighted by Gasteiger charge is -2.14. The van der Waals surface area contributed by atoms with Crippen molar-refractivity contribution in [1.82, 2.24) is 15.8 Å². The largest absolute Gasteiger partial charge is 0.465 e. The number of carbonyl (C=O) groups excluding carboxylic acids is 4. The van der Waals surface area contributed by atoms with E-state index in [1.807, 2.05) is 0 Å². The van der Waals surface area contributed by atoms with Crippen LogP contribution >= 0.6 is 24.0 Å². The van der Waals surface area contributed by atoms with Gasteiger partial charge in [0, 0.05) is 30.7 Å². The van der Waals surface area contributed by atoms with E-state index in [1.165, 1.54) is 36.3 Å². The molecule has 0 spiro atoms. The Kier molecular flexibility index (Phi) is 8.86. The number of thiocarbonyl (C=S) groups is 1. The molecule has 36 heavy (non-hydrogen) atoms. The molecule has 1 aliphatic rings. The number of hydrogen-bond acceptors (Lipinski definition) is 9. The lowest BCUT2D eigenvalue weighted by Crippen LogP contribution is -2.41. The van der Waals surface area contributed by atoms with Gasteiger partial charge in [0.1, 0.15) is 4.32 Å². The molecule has 0 aliphatic carbocycles. The summed E-state index contributed by atoms with van der Waals surface area (Å²) in [4.78, 5) is 60.3. The van der Waals surface area contributed by atoms with Crippen LogP contribution in [0.5, 0.6) is 0 Å². The molecule has 0 aromatic heterocycles. The lowest BCUT2D eigenvalue weighted by atomic mass is 10.1. The maximum absolute atomic E-state index is 12.7. The smallest absolute Gasteiger partial charge is 0.337 e. The molecule has 2 N–H and O–H groups in total. The highest BCUT2D eigenvalue weighted by molar-refractivity contribution is 8.26. The summed E-state index contributed by atoms with van der Waals surface area (Å²) in [6.45, 7) is 0.215. The average Bonchev–Trinajstić information content (AvgIpc) is 3.14. The molecular weight excluding hydrogens is 508 g/mol. The number of nitro benzene ring substituents is 1. The number of carbonyl (C=O) groups is 4. The van der Waals surface area contributed by atoms with Crippen molar-refractivity contribution < 1.29 is 28.8 Å². The molecule has 1 saturated heterocycles. The van der Waals surface area contributed by atoms with Crippen LogP contribution < -0.4 is 10.9 Å². The van der Waals surface area contributed by atoms with Gasteiger partial charge >= 0.3 is 5.97 Å². The highest BCUT2D eigenvalue weighted by atomic mass is 32.2. The van der Waals surface area contributed by atoms with Crippen LogP contribution in [-0.2, 0) is 14.3 Å². The van der Waals surface area contributed by atoms with Crippen molar-refractivity contribution >= 4 is 63.8 Å². The van der Waals surface area contributed by atoms with Crippen molar-refractivity contribution in [2.45, 2.75) is 12.8 Å². The van der Waals surface area contributed by atoms with Gasteiger partial charge < -0.3 is 4.74 Å². The number of nitrogens with zero attached hydrogens (tertiary/aromatic N) is 2. The zero-order valence-corrected chi connectivity index (χ0v) is 20.5. The van der Waals surface area contributed by atoms with Crippen molar-refractivity contribution in [3.8, 4) is 0 Å². The molecule has 1 heterocycles. The molecular formula is C23H20N4O7S2. The first-order valence-corrected chi connectivity index (χ1v) is 11.7. The van der Waals surface area contributed by atoms with Gasteiger partial charge in [-0.25, -0.2) is 4.79 Å². The summed E-state index contributed by atoms with van der Waals surface area (Å²) in [5.74, 6) is -1.84. The zero-order chi connectivity index (χ0) is 26.2. The van der Waals surface area contributed by atoms with E-state index in [2.05, 4.69) is 15.6 Å². The first-order chi connectivity index (χ1) is 17.2. The third-order valence-electron chi connectivity index (χ3n) is 4.94. The van der Waals surface area contributed by atoms with Crippen LogP contribution in [-0.4, -0.2) is 51.5 Å². The van der Waals surface area contributed by atoms with Gasteiger partial charge in [-0.15, -0.1) is 0 Å². The molecule has 3 amide bonds. The summed E-state index contributed by atoms with van der Waals surface area (Å²) >= 11 is 6.43. The van der Waals surface area contributed by atoms with Crippen molar-refractivity contribution in [3.63, 3.8) is 0 Å². The van der Waals surface area contributed by atoms with Crippen molar-refractivity contribution in [2.75, 3.05) is 13.7 Å². The van der Waals surface area contributed by atoms with Crippen LogP contribution in [0.1, 0.15) is 39.1 Å². The normalized spacial score (nSPS) is 14.0. The summed E-state index contributed by atoms with van der Waals surface area (Å²) in [5, 5.41) is 10.7. The van der Waals surface area contributed by atoms with E-state index in [0.29, 0.717) is 26.8 Å². The topological polar surface area (TPSA) is 148 Å². The molecule has 0 saturated carbocycles. The Morgan fingerprint density at radius 2 is 1.72 bits per heavy atom. The number of hydrogen-bond donors (Lipinski definition) is 2. The fraction of sp³-hybridized carbons (Fsp3) is 0.174. The van der Waals surface area contributed by atoms with E-state index in [0.717, 1.165) is 11.8 Å². The van der Waals surface area contributed by atoms with E-state index in [9.17, 15) is 29.3 Å². The minimum atomic E-state index is -0.625. The second-order valence-corrected chi connectivity index (χ2v) is 9.03. The zero-order valence-electron chi connectivity index (χ0n) is 18.9. The van der Waals surface area contributed by atoms with Crippen LogP contribution in [0.4, 0.5) is 5.69 Å². The number of methoxy groups -OCH3 is 1. The number of ether oxygens (including phenoxy) is 1. The summed E-state index contributed by atoms with van der Waals surface area (Å²) in [6, 6.07) is 11.5.